The summed E-state index contributed by atoms with van der Waals surface area (Å²) in [6.45, 7) is 6.81. The maximum Gasteiger partial charge on any atom is 0.324 e. The summed E-state index contributed by atoms with van der Waals surface area (Å²) in [5.74, 6) is 0.734. The first-order valence-electron chi connectivity index (χ1n) is 5.76. The van der Waals surface area contributed by atoms with Crippen molar-refractivity contribution in [2.75, 3.05) is 14.2 Å². The quantitative estimate of drug-likeness (QED) is 0.583. The lowest BCUT2D eigenvalue weighted by atomic mass is 10.0. The Morgan fingerprint density at radius 2 is 1.71 bits per heavy atom. The molecule has 0 radical (unpaired) electrons. The molecule has 0 aliphatic rings. The fourth-order valence-electron chi connectivity index (χ4n) is 1.88. The molecule has 0 rings (SSSR count). The van der Waals surface area contributed by atoms with Crippen LogP contribution in [-0.4, -0.2) is 23.5 Å². The van der Waals surface area contributed by atoms with Gasteiger partial charge < -0.3 is 8.85 Å². The Morgan fingerprint density at radius 1 is 1.14 bits per heavy atom. The van der Waals surface area contributed by atoms with E-state index in [1.165, 1.54) is 25.7 Å². The topological polar surface area (TPSA) is 18.5 Å². The third-order valence-corrected chi connectivity index (χ3v) is 5.70. The second-order valence-electron chi connectivity index (χ2n) is 4.03. The first kappa shape index (κ1) is 14.1. The zero-order chi connectivity index (χ0) is 11.0. The first-order chi connectivity index (χ1) is 6.71. The lowest BCUT2D eigenvalue weighted by molar-refractivity contribution is 0.245. The highest BCUT2D eigenvalue weighted by molar-refractivity contribution is 6.46. The molecule has 0 bridgehead atoms. The second-order valence-corrected chi connectivity index (χ2v) is 6.57. The molecule has 14 heavy (non-hydrogen) atoms. The maximum absolute atomic E-state index is 5.50. The largest absolute Gasteiger partial charge is 0.400 e. The Morgan fingerprint density at radius 3 is 2.07 bits per heavy atom. The molecule has 0 amide bonds. The molecule has 0 aliphatic heterocycles. The van der Waals surface area contributed by atoms with Gasteiger partial charge in [0.15, 0.2) is 0 Å². The van der Waals surface area contributed by atoms with Gasteiger partial charge in [-0.15, -0.1) is 0 Å². The van der Waals surface area contributed by atoms with Crippen LogP contribution in [0.25, 0.3) is 0 Å². The van der Waals surface area contributed by atoms with Crippen LogP contribution in [0.5, 0.6) is 0 Å². The molecule has 2 unspecified atom stereocenters. The van der Waals surface area contributed by atoms with E-state index < -0.39 is 9.28 Å². The van der Waals surface area contributed by atoms with Gasteiger partial charge in [0.25, 0.3) is 0 Å². The minimum absolute atomic E-state index is 0.676. The Balaban J connectivity index is 4.19. The number of unbranched alkanes of at least 4 members (excludes halogenated alkanes) is 1. The Labute approximate surface area is 90.8 Å². The van der Waals surface area contributed by atoms with Crippen molar-refractivity contribution in [3.63, 3.8) is 0 Å². The van der Waals surface area contributed by atoms with Gasteiger partial charge >= 0.3 is 9.28 Å². The second kappa shape index (κ2) is 8.45. The van der Waals surface area contributed by atoms with E-state index in [0.717, 1.165) is 5.92 Å². The fourth-order valence-corrected chi connectivity index (χ4v) is 4.09. The Hall–Kier alpha value is 0.137. The predicted molar refractivity (Wildman–Crippen MR) is 63.9 cm³/mol. The third kappa shape index (κ3) is 4.58. The van der Waals surface area contributed by atoms with Crippen LogP contribution < -0.4 is 0 Å². The lowest BCUT2D eigenvalue weighted by Crippen LogP contribution is -2.30. The molecule has 0 fully saturated rings. The summed E-state index contributed by atoms with van der Waals surface area (Å²) in [7, 11) is 2.17. The van der Waals surface area contributed by atoms with Gasteiger partial charge in [0.05, 0.1) is 0 Å². The fraction of sp³-hybridized carbons (Fsp3) is 1.00. The number of rotatable bonds is 8. The van der Waals surface area contributed by atoms with Gasteiger partial charge in [0, 0.05) is 19.8 Å². The van der Waals surface area contributed by atoms with Crippen molar-refractivity contribution < 1.29 is 8.85 Å². The van der Waals surface area contributed by atoms with Gasteiger partial charge in [-0.25, -0.2) is 0 Å². The smallest absolute Gasteiger partial charge is 0.324 e. The van der Waals surface area contributed by atoms with Crippen molar-refractivity contribution in [3.8, 4) is 0 Å². The molecule has 0 N–H and O–H groups in total. The highest BCUT2D eigenvalue weighted by Crippen LogP contribution is 2.30. The predicted octanol–water partition coefficient (Wildman–Crippen LogP) is 3.11. The summed E-state index contributed by atoms with van der Waals surface area (Å²) in [6, 6.07) is 0. The van der Waals surface area contributed by atoms with E-state index in [-0.39, 0.29) is 0 Å². The molecule has 0 aromatic rings. The highest BCUT2D eigenvalue weighted by Gasteiger charge is 2.27. The Kier molecular flexibility index (Phi) is 8.53. The number of hydrogen-bond donors (Lipinski definition) is 0. The van der Waals surface area contributed by atoms with Crippen LogP contribution >= 0.6 is 0 Å². The summed E-state index contributed by atoms with van der Waals surface area (Å²) in [5, 5.41) is 0. The third-order valence-electron chi connectivity index (χ3n) is 3.08. The summed E-state index contributed by atoms with van der Waals surface area (Å²) in [6.07, 6.45) is 5.06. The molecule has 0 saturated heterocycles. The highest BCUT2D eigenvalue weighted by atomic mass is 28.3. The minimum Gasteiger partial charge on any atom is -0.400 e. The zero-order valence-electron chi connectivity index (χ0n) is 10.4. The molecule has 86 valence electrons. The number of hydrogen-bond acceptors (Lipinski definition) is 2. The van der Waals surface area contributed by atoms with Crippen molar-refractivity contribution in [3.05, 3.63) is 0 Å². The average Bonchev–Trinajstić information content (AvgIpc) is 2.23. The van der Waals surface area contributed by atoms with Crippen LogP contribution in [0.4, 0.5) is 0 Å². The summed E-state index contributed by atoms with van der Waals surface area (Å²) >= 11 is 0. The van der Waals surface area contributed by atoms with Gasteiger partial charge in [-0.05, 0) is 12.3 Å². The lowest BCUT2D eigenvalue weighted by Gasteiger charge is -2.27. The van der Waals surface area contributed by atoms with Crippen LogP contribution in [-0.2, 0) is 8.85 Å². The summed E-state index contributed by atoms with van der Waals surface area (Å²) < 4.78 is 11.0. The Bertz CT molecular complexity index is 126. The zero-order valence-corrected chi connectivity index (χ0v) is 11.5. The maximum atomic E-state index is 5.50. The molecular weight excluding hydrogens is 192 g/mol. The van der Waals surface area contributed by atoms with Crippen LogP contribution in [0.2, 0.25) is 5.54 Å². The van der Waals surface area contributed by atoms with E-state index in [9.17, 15) is 0 Å². The molecule has 0 spiro atoms. The molecule has 0 aromatic heterocycles. The monoisotopic (exact) mass is 218 g/mol. The van der Waals surface area contributed by atoms with Gasteiger partial charge in [0.2, 0.25) is 0 Å². The van der Waals surface area contributed by atoms with E-state index in [0.29, 0.717) is 5.54 Å². The molecule has 3 heteroatoms. The van der Waals surface area contributed by atoms with Crippen molar-refractivity contribution >= 4 is 9.28 Å². The average molecular weight is 218 g/mol. The molecule has 2 atom stereocenters. The van der Waals surface area contributed by atoms with Crippen LogP contribution in [0.1, 0.15) is 46.5 Å². The van der Waals surface area contributed by atoms with E-state index in [1.807, 2.05) is 0 Å². The summed E-state index contributed by atoms with van der Waals surface area (Å²) in [4.78, 5) is 0. The van der Waals surface area contributed by atoms with Gasteiger partial charge in [-0.1, -0.05) is 40.0 Å². The van der Waals surface area contributed by atoms with Crippen molar-refractivity contribution in [1.29, 1.82) is 0 Å². The van der Waals surface area contributed by atoms with E-state index in [1.54, 1.807) is 14.2 Å². The van der Waals surface area contributed by atoms with Crippen molar-refractivity contribution in [2.45, 2.75) is 52.0 Å². The van der Waals surface area contributed by atoms with Gasteiger partial charge in [0.1, 0.15) is 0 Å². The van der Waals surface area contributed by atoms with E-state index in [4.69, 9.17) is 8.85 Å². The molecule has 2 nitrogen and oxygen atoms in total. The van der Waals surface area contributed by atoms with E-state index >= 15 is 0 Å². The van der Waals surface area contributed by atoms with Crippen LogP contribution in [0.15, 0.2) is 0 Å². The normalized spacial score (nSPS) is 15.9. The molecule has 0 aliphatic carbocycles. The molecule has 0 aromatic carbocycles. The van der Waals surface area contributed by atoms with Crippen LogP contribution in [0, 0.1) is 5.92 Å². The molecule has 0 saturated carbocycles. The van der Waals surface area contributed by atoms with Crippen LogP contribution in [0.3, 0.4) is 0 Å². The minimum atomic E-state index is -1.41. The SMILES string of the molecule is CCCCC(C(C)CC)[SiH](OC)OC. The summed E-state index contributed by atoms with van der Waals surface area (Å²) in [5.41, 5.74) is 0.676. The van der Waals surface area contributed by atoms with Crippen molar-refractivity contribution in [1.82, 2.24) is 0 Å². The van der Waals surface area contributed by atoms with Crippen molar-refractivity contribution in [2.24, 2.45) is 5.92 Å². The first-order valence-corrected chi connectivity index (χ1v) is 7.37. The molecular formula is C11H26O2Si. The standard InChI is InChI=1S/C11H26O2Si/c1-6-8-9-11(10(3)7-2)14(12-4)13-5/h10-11,14H,6-9H2,1-5H3. The van der Waals surface area contributed by atoms with Gasteiger partial charge in [-0.2, -0.15) is 0 Å². The molecule has 0 heterocycles. The van der Waals surface area contributed by atoms with E-state index in [2.05, 4.69) is 20.8 Å². The van der Waals surface area contributed by atoms with Gasteiger partial charge in [-0.3, -0.25) is 0 Å².